The molecule has 110 valence electrons. The molecule has 1 unspecified atom stereocenters. The van der Waals surface area contributed by atoms with E-state index >= 15 is 0 Å². The summed E-state index contributed by atoms with van der Waals surface area (Å²) < 4.78 is 5.47. The van der Waals surface area contributed by atoms with E-state index in [2.05, 4.69) is 5.32 Å². The van der Waals surface area contributed by atoms with Gasteiger partial charge in [-0.1, -0.05) is 47.5 Å². The van der Waals surface area contributed by atoms with E-state index in [0.29, 0.717) is 5.75 Å². The van der Waals surface area contributed by atoms with Crippen LogP contribution >= 0.6 is 0 Å². The maximum atomic E-state index is 11.9. The lowest BCUT2D eigenvalue weighted by atomic mass is 10.1. The molecule has 0 saturated carbocycles. The molecule has 1 amide bonds. The Morgan fingerprint density at radius 2 is 1.52 bits per heavy atom. The number of hydrogen-bond acceptors (Lipinski definition) is 2. The summed E-state index contributed by atoms with van der Waals surface area (Å²) in [5.74, 6) is 0.586. The van der Waals surface area contributed by atoms with Gasteiger partial charge in [0.25, 0.3) is 5.91 Å². The topological polar surface area (TPSA) is 38.3 Å². The lowest BCUT2D eigenvalue weighted by molar-refractivity contribution is -0.123. The van der Waals surface area contributed by atoms with E-state index < -0.39 is 0 Å². The van der Waals surface area contributed by atoms with Crippen molar-refractivity contribution in [2.45, 2.75) is 26.8 Å². The highest BCUT2D eigenvalue weighted by Gasteiger charge is 2.09. The van der Waals surface area contributed by atoms with E-state index in [1.165, 1.54) is 11.1 Å². The third-order valence-corrected chi connectivity index (χ3v) is 3.35. The number of hydrogen-bond donors (Lipinski definition) is 1. The van der Waals surface area contributed by atoms with Crippen molar-refractivity contribution in [2.24, 2.45) is 0 Å². The minimum Gasteiger partial charge on any atom is -0.484 e. The second-order valence-electron chi connectivity index (χ2n) is 5.30. The number of amides is 1. The number of carbonyl (C=O) groups excluding carboxylic acids is 1. The van der Waals surface area contributed by atoms with Gasteiger partial charge >= 0.3 is 0 Å². The molecule has 2 rings (SSSR count). The molecule has 0 aliphatic carbocycles. The Labute approximate surface area is 126 Å². The van der Waals surface area contributed by atoms with Gasteiger partial charge in [0.1, 0.15) is 5.75 Å². The molecule has 21 heavy (non-hydrogen) atoms. The van der Waals surface area contributed by atoms with Gasteiger partial charge in [-0.25, -0.2) is 0 Å². The first-order valence-electron chi connectivity index (χ1n) is 7.10. The first-order chi connectivity index (χ1) is 10.0. The minimum atomic E-state index is -0.122. The molecule has 0 fully saturated rings. The van der Waals surface area contributed by atoms with Crippen molar-refractivity contribution in [1.29, 1.82) is 0 Å². The monoisotopic (exact) mass is 283 g/mol. The van der Waals surface area contributed by atoms with Gasteiger partial charge in [0.15, 0.2) is 6.61 Å². The number of nitrogens with one attached hydrogen (secondary N) is 1. The number of aryl methyl sites for hydroxylation is 2. The van der Waals surface area contributed by atoms with Crippen LogP contribution < -0.4 is 10.1 Å². The van der Waals surface area contributed by atoms with E-state index in [1.807, 2.05) is 69.3 Å². The van der Waals surface area contributed by atoms with Crippen molar-refractivity contribution >= 4 is 5.91 Å². The third-order valence-electron chi connectivity index (χ3n) is 3.35. The van der Waals surface area contributed by atoms with E-state index in [9.17, 15) is 4.79 Å². The largest absolute Gasteiger partial charge is 0.484 e. The zero-order valence-electron chi connectivity index (χ0n) is 12.7. The van der Waals surface area contributed by atoms with Crippen molar-refractivity contribution in [1.82, 2.24) is 5.32 Å². The fourth-order valence-electron chi connectivity index (χ4n) is 2.00. The Balaban J connectivity index is 1.83. The van der Waals surface area contributed by atoms with E-state index in [1.54, 1.807) is 0 Å². The van der Waals surface area contributed by atoms with Crippen molar-refractivity contribution in [3.05, 3.63) is 65.2 Å². The number of benzene rings is 2. The molecule has 0 aliphatic rings. The molecule has 0 aromatic heterocycles. The maximum absolute atomic E-state index is 11.9. The summed E-state index contributed by atoms with van der Waals surface area (Å²) in [5.41, 5.74) is 3.46. The van der Waals surface area contributed by atoms with Crippen LogP contribution in [0.3, 0.4) is 0 Å². The van der Waals surface area contributed by atoms with Crippen molar-refractivity contribution < 1.29 is 9.53 Å². The number of rotatable bonds is 5. The van der Waals surface area contributed by atoms with Gasteiger partial charge in [0.05, 0.1) is 6.04 Å². The van der Waals surface area contributed by atoms with Crippen molar-refractivity contribution in [2.75, 3.05) is 6.61 Å². The molecule has 1 N–H and O–H groups in total. The summed E-state index contributed by atoms with van der Waals surface area (Å²) in [7, 11) is 0. The minimum absolute atomic E-state index is 0.0270. The summed E-state index contributed by atoms with van der Waals surface area (Å²) in [5, 5.41) is 2.93. The van der Waals surface area contributed by atoms with E-state index in [0.717, 1.165) is 5.56 Å². The second-order valence-corrected chi connectivity index (χ2v) is 5.30. The van der Waals surface area contributed by atoms with Crippen LogP contribution in [-0.2, 0) is 4.79 Å². The van der Waals surface area contributed by atoms with Gasteiger partial charge in [0, 0.05) is 0 Å². The zero-order chi connectivity index (χ0) is 15.2. The molecule has 2 aromatic carbocycles. The van der Waals surface area contributed by atoms with Crippen LogP contribution in [-0.4, -0.2) is 12.5 Å². The predicted molar refractivity (Wildman–Crippen MR) is 84.4 cm³/mol. The highest BCUT2D eigenvalue weighted by Crippen LogP contribution is 2.14. The number of ether oxygens (including phenoxy) is 1. The summed E-state index contributed by atoms with van der Waals surface area (Å²) in [6, 6.07) is 15.8. The molecular weight excluding hydrogens is 262 g/mol. The first kappa shape index (κ1) is 15.1. The van der Waals surface area contributed by atoms with Gasteiger partial charge in [-0.05, 0) is 38.5 Å². The standard InChI is InChI=1S/C18H21NO2/c1-13-4-8-16(9-5-13)15(3)19-18(20)12-21-17-10-6-14(2)7-11-17/h4-11,15H,12H2,1-3H3,(H,19,20). The average molecular weight is 283 g/mol. The highest BCUT2D eigenvalue weighted by atomic mass is 16.5. The lowest BCUT2D eigenvalue weighted by Crippen LogP contribution is -2.31. The molecule has 0 aliphatic heterocycles. The van der Waals surface area contributed by atoms with Crippen LogP contribution in [0.2, 0.25) is 0 Å². The maximum Gasteiger partial charge on any atom is 0.258 e. The lowest BCUT2D eigenvalue weighted by Gasteiger charge is -2.15. The van der Waals surface area contributed by atoms with Gasteiger partial charge in [-0.3, -0.25) is 4.79 Å². The normalized spacial score (nSPS) is 11.8. The molecule has 3 nitrogen and oxygen atoms in total. The van der Waals surface area contributed by atoms with Crippen LogP contribution in [0.5, 0.6) is 5.75 Å². The molecule has 1 atom stereocenters. The highest BCUT2D eigenvalue weighted by molar-refractivity contribution is 5.78. The van der Waals surface area contributed by atoms with Crippen LogP contribution in [0.15, 0.2) is 48.5 Å². The van der Waals surface area contributed by atoms with E-state index in [-0.39, 0.29) is 18.6 Å². The first-order valence-corrected chi connectivity index (χ1v) is 7.10. The fourth-order valence-corrected chi connectivity index (χ4v) is 2.00. The average Bonchev–Trinajstić information content (AvgIpc) is 2.47. The molecule has 0 saturated heterocycles. The Morgan fingerprint density at radius 3 is 2.10 bits per heavy atom. The van der Waals surface area contributed by atoms with Crippen LogP contribution in [0.25, 0.3) is 0 Å². The molecule has 0 radical (unpaired) electrons. The molecule has 0 bridgehead atoms. The van der Waals surface area contributed by atoms with Crippen molar-refractivity contribution in [3.63, 3.8) is 0 Å². The molecule has 2 aromatic rings. The molecule has 0 heterocycles. The zero-order valence-corrected chi connectivity index (χ0v) is 12.7. The van der Waals surface area contributed by atoms with Gasteiger partial charge in [-0.2, -0.15) is 0 Å². The summed E-state index contributed by atoms with van der Waals surface area (Å²) in [4.78, 5) is 11.9. The van der Waals surface area contributed by atoms with Gasteiger partial charge < -0.3 is 10.1 Å². The number of carbonyl (C=O) groups is 1. The van der Waals surface area contributed by atoms with E-state index in [4.69, 9.17) is 4.74 Å². The summed E-state index contributed by atoms with van der Waals surface area (Å²) >= 11 is 0. The third kappa shape index (κ3) is 4.63. The fraction of sp³-hybridized carbons (Fsp3) is 0.278. The quantitative estimate of drug-likeness (QED) is 0.911. The Morgan fingerprint density at radius 1 is 1.00 bits per heavy atom. The predicted octanol–water partition coefficient (Wildman–Crippen LogP) is 3.56. The van der Waals surface area contributed by atoms with Crippen LogP contribution in [0.1, 0.15) is 29.7 Å². The molecule has 3 heteroatoms. The second kappa shape index (κ2) is 6.93. The smallest absolute Gasteiger partial charge is 0.258 e. The van der Waals surface area contributed by atoms with Crippen LogP contribution in [0, 0.1) is 13.8 Å². The Hall–Kier alpha value is -2.29. The molecule has 0 spiro atoms. The van der Waals surface area contributed by atoms with Crippen molar-refractivity contribution in [3.8, 4) is 5.75 Å². The Bertz CT molecular complexity index is 588. The summed E-state index contributed by atoms with van der Waals surface area (Å²) in [6.07, 6.45) is 0. The van der Waals surface area contributed by atoms with Gasteiger partial charge in [0.2, 0.25) is 0 Å². The van der Waals surface area contributed by atoms with Crippen LogP contribution in [0.4, 0.5) is 0 Å². The molecular formula is C18H21NO2. The summed E-state index contributed by atoms with van der Waals surface area (Å²) in [6.45, 7) is 6.05. The Kier molecular flexibility index (Phi) is 4.99. The SMILES string of the molecule is Cc1ccc(OCC(=O)NC(C)c2ccc(C)cc2)cc1. The van der Waals surface area contributed by atoms with Gasteiger partial charge in [-0.15, -0.1) is 0 Å².